The lowest BCUT2D eigenvalue weighted by molar-refractivity contribution is 0.0696. The summed E-state index contributed by atoms with van der Waals surface area (Å²) in [5.74, 6) is -1.11. The highest BCUT2D eigenvalue weighted by atomic mass is 16.4. The summed E-state index contributed by atoms with van der Waals surface area (Å²) < 4.78 is 1.76. The first-order valence-electron chi connectivity index (χ1n) is 8.15. The van der Waals surface area contributed by atoms with E-state index in [0.29, 0.717) is 11.3 Å². The maximum absolute atomic E-state index is 12.6. The van der Waals surface area contributed by atoms with Gasteiger partial charge < -0.3 is 5.11 Å². The van der Waals surface area contributed by atoms with Gasteiger partial charge in [-0.25, -0.2) is 9.48 Å². The molecular weight excluding hydrogens is 328 g/mol. The highest BCUT2D eigenvalue weighted by molar-refractivity contribution is 6.08. The highest BCUT2D eigenvalue weighted by Crippen LogP contribution is 2.19. The van der Waals surface area contributed by atoms with E-state index in [0.717, 1.165) is 16.9 Å². The molecule has 0 aliphatic carbocycles. The van der Waals surface area contributed by atoms with Crippen molar-refractivity contribution in [3.8, 4) is 5.69 Å². The van der Waals surface area contributed by atoms with Crippen LogP contribution < -0.4 is 0 Å². The number of nitrogens with zero attached hydrogens (tertiary/aromatic N) is 2. The zero-order chi connectivity index (χ0) is 18.7. The van der Waals surface area contributed by atoms with Crippen LogP contribution in [0.4, 0.5) is 0 Å². The Kier molecular flexibility index (Phi) is 4.80. The number of para-hydroxylation sites is 1. The molecule has 5 nitrogen and oxygen atoms in total. The van der Waals surface area contributed by atoms with Crippen LogP contribution in [-0.4, -0.2) is 26.6 Å². The molecule has 0 saturated heterocycles. The minimum absolute atomic E-state index is 0.135. The summed E-state index contributed by atoms with van der Waals surface area (Å²) in [5.41, 5.74) is 3.90. The van der Waals surface area contributed by atoms with Gasteiger partial charge in [0.15, 0.2) is 5.78 Å². The second-order valence-electron chi connectivity index (χ2n) is 5.92. The fraction of sp³-hybridized carbons (Fsp3) is 0.0952. The first-order chi connectivity index (χ1) is 12.5. The lowest BCUT2D eigenvalue weighted by Gasteiger charge is -2.04. The Hall–Kier alpha value is -3.47. The molecule has 0 saturated carbocycles. The summed E-state index contributed by atoms with van der Waals surface area (Å²) in [7, 11) is 0. The summed E-state index contributed by atoms with van der Waals surface area (Å²) in [6.07, 6.45) is 3.16. The first-order valence-corrected chi connectivity index (χ1v) is 8.15. The quantitative estimate of drug-likeness (QED) is 0.558. The van der Waals surface area contributed by atoms with Crippen molar-refractivity contribution in [2.75, 3.05) is 0 Å². The monoisotopic (exact) mass is 346 g/mol. The number of benzene rings is 2. The number of aromatic carboxylic acids is 1. The number of carbonyl (C=O) groups excluding carboxylic acids is 1. The van der Waals surface area contributed by atoms with Crippen LogP contribution in [0.3, 0.4) is 0 Å². The van der Waals surface area contributed by atoms with Crippen LogP contribution in [-0.2, 0) is 0 Å². The molecule has 0 fully saturated rings. The Morgan fingerprint density at radius 1 is 1.00 bits per heavy atom. The molecule has 2 aromatic carbocycles. The van der Waals surface area contributed by atoms with Crippen molar-refractivity contribution in [2.24, 2.45) is 0 Å². The van der Waals surface area contributed by atoms with Crippen molar-refractivity contribution in [2.45, 2.75) is 13.8 Å². The SMILES string of the molecule is Cc1nn(-c2ccccc2)c(C)c1C(=O)/C=C/c1ccc(C(=O)O)cc1. The third-order valence-electron chi connectivity index (χ3n) is 4.12. The fourth-order valence-electron chi connectivity index (χ4n) is 2.81. The number of aromatic nitrogens is 2. The molecule has 3 aromatic rings. The van der Waals surface area contributed by atoms with E-state index in [9.17, 15) is 9.59 Å². The van der Waals surface area contributed by atoms with E-state index in [4.69, 9.17) is 5.11 Å². The van der Waals surface area contributed by atoms with Crippen molar-refractivity contribution in [3.05, 3.63) is 88.8 Å². The molecule has 26 heavy (non-hydrogen) atoms. The van der Waals surface area contributed by atoms with Gasteiger partial charge in [-0.2, -0.15) is 5.10 Å². The number of carbonyl (C=O) groups is 2. The summed E-state index contributed by atoms with van der Waals surface area (Å²) in [5, 5.41) is 13.4. The van der Waals surface area contributed by atoms with Gasteiger partial charge in [-0.15, -0.1) is 0 Å². The van der Waals surface area contributed by atoms with E-state index in [2.05, 4.69) is 5.10 Å². The van der Waals surface area contributed by atoms with E-state index in [-0.39, 0.29) is 11.3 Å². The first kappa shape index (κ1) is 17.4. The van der Waals surface area contributed by atoms with E-state index < -0.39 is 5.97 Å². The summed E-state index contributed by atoms with van der Waals surface area (Å²) >= 11 is 0. The molecule has 0 amide bonds. The molecular formula is C21H18N2O3. The van der Waals surface area contributed by atoms with Gasteiger partial charge in [0.05, 0.1) is 28.2 Å². The average molecular weight is 346 g/mol. The zero-order valence-electron chi connectivity index (χ0n) is 14.5. The van der Waals surface area contributed by atoms with Gasteiger partial charge in [0.1, 0.15) is 0 Å². The number of aryl methyl sites for hydroxylation is 1. The topological polar surface area (TPSA) is 72.2 Å². The summed E-state index contributed by atoms with van der Waals surface area (Å²) in [6, 6.07) is 16.0. The Morgan fingerprint density at radius 3 is 2.27 bits per heavy atom. The van der Waals surface area contributed by atoms with Gasteiger partial charge in [-0.3, -0.25) is 4.79 Å². The number of allylic oxidation sites excluding steroid dienone is 1. The number of hydrogen-bond acceptors (Lipinski definition) is 3. The summed E-state index contributed by atoms with van der Waals surface area (Å²) in [4.78, 5) is 23.5. The molecule has 5 heteroatoms. The predicted molar refractivity (Wildman–Crippen MR) is 99.8 cm³/mol. The molecule has 3 rings (SSSR count). The predicted octanol–water partition coefficient (Wildman–Crippen LogP) is 4.08. The van der Waals surface area contributed by atoms with Crippen LogP contribution in [0.15, 0.2) is 60.7 Å². The smallest absolute Gasteiger partial charge is 0.335 e. The van der Waals surface area contributed by atoms with Crippen molar-refractivity contribution in [1.82, 2.24) is 9.78 Å². The Bertz CT molecular complexity index is 984. The van der Waals surface area contributed by atoms with E-state index in [1.54, 1.807) is 22.9 Å². The molecule has 0 radical (unpaired) electrons. The molecule has 0 spiro atoms. The lowest BCUT2D eigenvalue weighted by atomic mass is 10.1. The highest BCUT2D eigenvalue weighted by Gasteiger charge is 2.17. The molecule has 0 atom stereocenters. The van der Waals surface area contributed by atoms with Crippen LogP contribution in [0.1, 0.15) is 37.7 Å². The van der Waals surface area contributed by atoms with Gasteiger partial charge in [0.25, 0.3) is 0 Å². The minimum Gasteiger partial charge on any atom is -0.478 e. The normalized spacial score (nSPS) is 11.0. The number of ketones is 1. The molecule has 0 unspecified atom stereocenters. The van der Waals surface area contributed by atoms with Crippen LogP contribution in [0.5, 0.6) is 0 Å². The molecule has 1 aromatic heterocycles. The molecule has 130 valence electrons. The number of carboxylic acid groups (broad SMARTS) is 1. The standard InChI is InChI=1S/C21H18N2O3/c1-14-20(15(2)23(22-14)18-6-4-3-5-7-18)19(24)13-10-16-8-11-17(12-9-16)21(25)26/h3-13H,1-2H3,(H,25,26)/b13-10+. The van der Waals surface area contributed by atoms with Crippen molar-refractivity contribution < 1.29 is 14.7 Å². The van der Waals surface area contributed by atoms with Crippen LogP contribution in [0.2, 0.25) is 0 Å². The van der Waals surface area contributed by atoms with Gasteiger partial charge >= 0.3 is 5.97 Å². The van der Waals surface area contributed by atoms with Gasteiger partial charge in [0, 0.05) is 0 Å². The van der Waals surface area contributed by atoms with E-state index in [1.807, 2.05) is 44.2 Å². The van der Waals surface area contributed by atoms with E-state index in [1.165, 1.54) is 18.2 Å². The number of hydrogen-bond donors (Lipinski definition) is 1. The largest absolute Gasteiger partial charge is 0.478 e. The van der Waals surface area contributed by atoms with Crippen LogP contribution in [0.25, 0.3) is 11.8 Å². The van der Waals surface area contributed by atoms with Gasteiger partial charge in [0.2, 0.25) is 0 Å². The molecule has 0 aliphatic heterocycles. The number of carboxylic acids is 1. The fourth-order valence-corrected chi connectivity index (χ4v) is 2.81. The zero-order valence-corrected chi connectivity index (χ0v) is 14.5. The summed E-state index contributed by atoms with van der Waals surface area (Å²) in [6.45, 7) is 3.69. The Labute approximate surface area is 151 Å². The molecule has 1 heterocycles. The lowest BCUT2D eigenvalue weighted by Crippen LogP contribution is -2.01. The van der Waals surface area contributed by atoms with Gasteiger partial charge in [-0.05, 0) is 49.8 Å². The second-order valence-corrected chi connectivity index (χ2v) is 5.92. The van der Waals surface area contributed by atoms with Crippen molar-refractivity contribution >= 4 is 17.8 Å². The van der Waals surface area contributed by atoms with Crippen molar-refractivity contribution in [1.29, 1.82) is 0 Å². The maximum atomic E-state index is 12.6. The van der Waals surface area contributed by atoms with E-state index >= 15 is 0 Å². The van der Waals surface area contributed by atoms with Crippen molar-refractivity contribution in [3.63, 3.8) is 0 Å². The van der Waals surface area contributed by atoms with Crippen LogP contribution >= 0.6 is 0 Å². The maximum Gasteiger partial charge on any atom is 0.335 e. The third-order valence-corrected chi connectivity index (χ3v) is 4.12. The number of rotatable bonds is 5. The molecule has 0 aliphatic rings. The minimum atomic E-state index is -0.976. The average Bonchev–Trinajstić information content (AvgIpc) is 2.95. The second kappa shape index (κ2) is 7.19. The van der Waals surface area contributed by atoms with Gasteiger partial charge in [-0.1, -0.05) is 36.4 Å². The Morgan fingerprint density at radius 2 is 1.65 bits per heavy atom. The third kappa shape index (κ3) is 3.47. The van der Waals surface area contributed by atoms with Crippen LogP contribution in [0, 0.1) is 13.8 Å². The molecule has 0 bridgehead atoms. The Balaban J connectivity index is 1.86. The molecule has 1 N–H and O–H groups in total.